The van der Waals surface area contributed by atoms with Crippen molar-refractivity contribution in [3.05, 3.63) is 90.0 Å². The number of benzene rings is 2. The summed E-state index contributed by atoms with van der Waals surface area (Å²) in [6, 6.07) is 13.8. The van der Waals surface area contributed by atoms with E-state index in [9.17, 15) is 9.18 Å². The van der Waals surface area contributed by atoms with Crippen molar-refractivity contribution in [3.8, 4) is 0 Å². The molecule has 3 N–H and O–H groups in total. The fourth-order valence-corrected chi connectivity index (χ4v) is 2.42. The third kappa shape index (κ3) is 5.40. The lowest BCUT2D eigenvalue weighted by atomic mass is 10.2. The molecule has 6 heteroatoms. The predicted molar refractivity (Wildman–Crippen MR) is 106 cm³/mol. The van der Waals surface area contributed by atoms with Gasteiger partial charge in [-0.1, -0.05) is 42.5 Å². The van der Waals surface area contributed by atoms with Gasteiger partial charge in [0.1, 0.15) is 5.82 Å². The molecule has 0 saturated carbocycles. The molecule has 5 nitrogen and oxygen atoms in total. The first kappa shape index (κ1) is 18.1. The van der Waals surface area contributed by atoms with Gasteiger partial charge in [0.05, 0.1) is 24.1 Å². The van der Waals surface area contributed by atoms with E-state index < -0.39 is 5.82 Å². The van der Waals surface area contributed by atoms with Crippen LogP contribution < -0.4 is 11.1 Å². The summed E-state index contributed by atoms with van der Waals surface area (Å²) in [7, 11) is 0. The summed E-state index contributed by atoms with van der Waals surface area (Å²) in [5.74, 6) is -0.806. The van der Waals surface area contributed by atoms with Crippen LogP contribution in [0.3, 0.4) is 0 Å². The summed E-state index contributed by atoms with van der Waals surface area (Å²) in [6.45, 7) is 0.626. The van der Waals surface area contributed by atoms with E-state index in [4.69, 9.17) is 5.73 Å². The van der Waals surface area contributed by atoms with Crippen LogP contribution in [0.15, 0.2) is 73.1 Å². The lowest BCUT2D eigenvalue weighted by Gasteiger charge is -2.05. The van der Waals surface area contributed by atoms with Crippen molar-refractivity contribution >= 4 is 29.4 Å². The zero-order valence-corrected chi connectivity index (χ0v) is 14.5. The number of nitrogens with two attached hydrogens (primary N) is 1. The van der Waals surface area contributed by atoms with Crippen LogP contribution in [0.25, 0.3) is 12.2 Å². The number of allylic oxidation sites excluding steroid dienone is 1. The average molecular weight is 362 g/mol. The number of hydrogen-bond acceptors (Lipinski definition) is 3. The predicted octanol–water partition coefficient (Wildman–Crippen LogP) is 3.97. The molecule has 3 aromatic rings. The zero-order chi connectivity index (χ0) is 19.1. The van der Waals surface area contributed by atoms with Crippen molar-refractivity contribution in [2.24, 2.45) is 0 Å². The Morgan fingerprint density at radius 3 is 2.74 bits per heavy atom. The zero-order valence-electron chi connectivity index (χ0n) is 14.5. The molecule has 1 heterocycles. The van der Waals surface area contributed by atoms with E-state index in [-0.39, 0.29) is 11.6 Å². The largest absolute Gasteiger partial charge is 0.397 e. The monoisotopic (exact) mass is 362 g/mol. The van der Waals surface area contributed by atoms with Gasteiger partial charge in [-0.25, -0.2) is 4.39 Å². The molecule has 0 fully saturated rings. The van der Waals surface area contributed by atoms with Crippen molar-refractivity contribution in [2.45, 2.75) is 6.54 Å². The van der Waals surface area contributed by atoms with Crippen LogP contribution in [0, 0.1) is 5.82 Å². The first-order valence-electron chi connectivity index (χ1n) is 8.38. The smallest absolute Gasteiger partial charge is 0.248 e. The van der Waals surface area contributed by atoms with Crippen LogP contribution >= 0.6 is 0 Å². The Balaban J connectivity index is 1.55. The third-order valence-electron chi connectivity index (χ3n) is 3.75. The summed E-state index contributed by atoms with van der Waals surface area (Å²) < 4.78 is 14.8. The van der Waals surface area contributed by atoms with E-state index in [1.807, 2.05) is 48.7 Å². The fourth-order valence-electron chi connectivity index (χ4n) is 2.42. The van der Waals surface area contributed by atoms with E-state index in [1.54, 1.807) is 17.0 Å². The van der Waals surface area contributed by atoms with Gasteiger partial charge < -0.3 is 11.1 Å². The Kier molecular flexibility index (Phi) is 5.79. The Bertz CT molecular complexity index is 977. The molecule has 0 bridgehead atoms. The number of rotatable bonds is 6. The van der Waals surface area contributed by atoms with Gasteiger partial charge in [-0.15, -0.1) is 0 Å². The van der Waals surface area contributed by atoms with Crippen LogP contribution in [0.2, 0.25) is 0 Å². The highest BCUT2D eigenvalue weighted by Crippen LogP contribution is 2.19. The minimum atomic E-state index is -0.449. The molecule has 0 aliphatic rings. The summed E-state index contributed by atoms with van der Waals surface area (Å²) in [5.41, 5.74) is 8.14. The van der Waals surface area contributed by atoms with Gasteiger partial charge in [-0.05, 0) is 29.8 Å². The number of carbonyl (C=O) groups excluding carboxylic acids is 1. The molecule has 0 saturated heterocycles. The van der Waals surface area contributed by atoms with E-state index in [0.29, 0.717) is 12.2 Å². The summed E-state index contributed by atoms with van der Waals surface area (Å²) in [5, 5.41) is 6.87. The Labute approximate surface area is 156 Å². The second-order valence-electron chi connectivity index (χ2n) is 5.86. The van der Waals surface area contributed by atoms with E-state index in [0.717, 1.165) is 17.2 Å². The van der Waals surface area contributed by atoms with Crippen molar-refractivity contribution in [1.29, 1.82) is 0 Å². The highest BCUT2D eigenvalue weighted by molar-refractivity contribution is 6.03. The Morgan fingerprint density at radius 1 is 1.15 bits per heavy atom. The number of nitrogens with zero attached hydrogens (tertiary/aromatic N) is 2. The molecule has 0 atom stereocenters. The molecule has 136 valence electrons. The van der Waals surface area contributed by atoms with Gasteiger partial charge in [0.15, 0.2) is 0 Å². The van der Waals surface area contributed by atoms with Crippen LogP contribution in [-0.4, -0.2) is 15.7 Å². The normalized spacial score (nSPS) is 11.3. The molecule has 3 rings (SSSR count). The molecule has 1 amide bonds. The lowest BCUT2D eigenvalue weighted by Crippen LogP contribution is -2.09. The summed E-state index contributed by atoms with van der Waals surface area (Å²) in [6.07, 6.45) is 10.6. The van der Waals surface area contributed by atoms with Crippen molar-refractivity contribution < 1.29 is 9.18 Å². The van der Waals surface area contributed by atoms with Gasteiger partial charge in [0, 0.05) is 17.8 Å². The summed E-state index contributed by atoms with van der Waals surface area (Å²) in [4.78, 5) is 12.0. The molecule has 0 spiro atoms. The summed E-state index contributed by atoms with van der Waals surface area (Å²) >= 11 is 0. The maximum absolute atomic E-state index is 13.0. The highest BCUT2D eigenvalue weighted by Gasteiger charge is 2.03. The molecule has 27 heavy (non-hydrogen) atoms. The number of nitrogen functional groups attached to an aromatic ring is 1. The van der Waals surface area contributed by atoms with Gasteiger partial charge in [0.25, 0.3) is 0 Å². The van der Waals surface area contributed by atoms with E-state index in [1.165, 1.54) is 18.2 Å². The molecule has 0 unspecified atom stereocenters. The van der Waals surface area contributed by atoms with Gasteiger partial charge >= 0.3 is 0 Å². The maximum Gasteiger partial charge on any atom is 0.248 e. The minimum Gasteiger partial charge on any atom is -0.397 e. The number of carbonyl (C=O) groups is 1. The highest BCUT2D eigenvalue weighted by atomic mass is 19.1. The molecule has 0 aliphatic carbocycles. The molecular weight excluding hydrogens is 343 g/mol. The van der Waals surface area contributed by atoms with Crippen LogP contribution in [0.1, 0.15) is 11.1 Å². The minimum absolute atomic E-state index is 0.176. The molecule has 0 radical (unpaired) electrons. The SMILES string of the molecule is Nc1cc(F)ccc1NC(=O)/C=C/c1cnn(CC=Cc2ccccc2)c1. The number of amides is 1. The van der Waals surface area contributed by atoms with Crippen molar-refractivity contribution in [2.75, 3.05) is 11.1 Å². The third-order valence-corrected chi connectivity index (χ3v) is 3.75. The first-order chi connectivity index (χ1) is 13.1. The Morgan fingerprint density at radius 2 is 1.96 bits per heavy atom. The number of hydrogen-bond donors (Lipinski definition) is 2. The number of halogens is 1. The second-order valence-corrected chi connectivity index (χ2v) is 5.86. The average Bonchev–Trinajstić information content (AvgIpc) is 3.11. The lowest BCUT2D eigenvalue weighted by molar-refractivity contribution is -0.111. The quantitative estimate of drug-likeness (QED) is 0.515. The second kappa shape index (κ2) is 8.62. The van der Waals surface area contributed by atoms with Crippen molar-refractivity contribution in [3.63, 3.8) is 0 Å². The topological polar surface area (TPSA) is 72.9 Å². The first-order valence-corrected chi connectivity index (χ1v) is 8.38. The standard InChI is InChI=1S/C21H19FN4O/c22-18-9-10-20(19(23)13-18)25-21(27)11-8-17-14-24-26(15-17)12-4-7-16-5-2-1-3-6-16/h1-11,13-15H,12,23H2,(H,25,27)/b7-4?,11-8+. The molecular formula is C21H19FN4O. The van der Waals surface area contributed by atoms with Gasteiger partial charge in [-0.3, -0.25) is 9.48 Å². The van der Waals surface area contributed by atoms with E-state index >= 15 is 0 Å². The van der Waals surface area contributed by atoms with Gasteiger partial charge in [0.2, 0.25) is 5.91 Å². The maximum atomic E-state index is 13.0. The van der Waals surface area contributed by atoms with E-state index in [2.05, 4.69) is 10.4 Å². The molecule has 0 aliphatic heterocycles. The molecule has 1 aromatic heterocycles. The van der Waals surface area contributed by atoms with Gasteiger partial charge in [-0.2, -0.15) is 5.10 Å². The fraction of sp³-hybridized carbons (Fsp3) is 0.0476. The molecule has 2 aromatic carbocycles. The van der Waals surface area contributed by atoms with Crippen LogP contribution in [0.5, 0.6) is 0 Å². The van der Waals surface area contributed by atoms with Crippen molar-refractivity contribution in [1.82, 2.24) is 9.78 Å². The number of nitrogens with one attached hydrogen (secondary N) is 1. The number of aromatic nitrogens is 2. The Hall–Kier alpha value is -3.67. The number of anilines is 2. The van der Waals surface area contributed by atoms with Crippen LogP contribution in [-0.2, 0) is 11.3 Å². The van der Waals surface area contributed by atoms with Crippen LogP contribution in [0.4, 0.5) is 15.8 Å².